The Kier molecular flexibility index (Phi) is 5.49. The molecule has 0 radical (unpaired) electrons. The van der Waals surface area contributed by atoms with Gasteiger partial charge < -0.3 is 4.74 Å². The molecule has 1 aromatic rings. The Morgan fingerprint density at radius 2 is 1.84 bits per heavy atom. The van der Waals surface area contributed by atoms with Crippen molar-refractivity contribution in [2.24, 2.45) is 0 Å². The number of hydrogen-bond acceptors (Lipinski definition) is 5. The normalized spacial score (nSPS) is 12.4. The van der Waals surface area contributed by atoms with Gasteiger partial charge in [-0.15, -0.1) is 0 Å². The van der Waals surface area contributed by atoms with Crippen LogP contribution in [0.2, 0.25) is 5.02 Å². The highest BCUT2D eigenvalue weighted by Gasteiger charge is 2.18. The molecule has 0 saturated heterocycles. The summed E-state index contributed by atoms with van der Waals surface area (Å²) in [7, 11) is -1.95. The molecule has 0 bridgehead atoms. The van der Waals surface area contributed by atoms with Crippen molar-refractivity contribution in [3.8, 4) is 5.75 Å². The molecule has 1 rings (SSSR count). The highest BCUT2D eigenvalue weighted by Crippen LogP contribution is 2.29. The Hall–Kier alpha value is -0.500. The zero-order valence-corrected chi connectivity index (χ0v) is 13.1. The van der Waals surface area contributed by atoms with Crippen molar-refractivity contribution in [2.75, 3.05) is 18.1 Å². The molecule has 0 aromatic heterocycles. The summed E-state index contributed by atoms with van der Waals surface area (Å²) in [4.78, 5) is -0.282. The summed E-state index contributed by atoms with van der Waals surface area (Å²) in [5.74, 6) is -0.225. The fourth-order valence-corrected chi connectivity index (χ4v) is 3.07. The Morgan fingerprint density at radius 3 is 2.37 bits per heavy atom. The molecule has 108 valence electrons. The van der Waals surface area contributed by atoms with Gasteiger partial charge in [0.1, 0.15) is 17.3 Å². The average Bonchev–Trinajstić information content (AvgIpc) is 2.29. The molecule has 0 aliphatic rings. The van der Waals surface area contributed by atoms with Crippen molar-refractivity contribution in [1.29, 1.82) is 0 Å². The van der Waals surface area contributed by atoms with E-state index in [0.717, 1.165) is 6.07 Å². The Labute approximate surface area is 121 Å². The van der Waals surface area contributed by atoms with E-state index in [1.54, 1.807) is 0 Å². The van der Waals surface area contributed by atoms with Crippen molar-refractivity contribution < 1.29 is 21.6 Å². The highest BCUT2D eigenvalue weighted by molar-refractivity contribution is 8.13. The first-order valence-electron chi connectivity index (χ1n) is 5.23. The van der Waals surface area contributed by atoms with E-state index in [-0.39, 0.29) is 33.8 Å². The molecule has 0 amide bonds. The van der Waals surface area contributed by atoms with Crippen LogP contribution in [0.4, 0.5) is 0 Å². The van der Waals surface area contributed by atoms with Gasteiger partial charge in [0.2, 0.25) is 0 Å². The standard InChI is InChI=1S/C10H12Cl2O5S2/c1-2-18(13,14)6-5-17-9-4-3-8(11)7-10(9)19(12,15)16/h3-4,7H,2,5-6H2,1H3. The van der Waals surface area contributed by atoms with Crippen LogP contribution in [0.3, 0.4) is 0 Å². The minimum atomic E-state index is -4.01. The van der Waals surface area contributed by atoms with E-state index >= 15 is 0 Å². The monoisotopic (exact) mass is 346 g/mol. The topological polar surface area (TPSA) is 77.5 Å². The van der Waals surface area contributed by atoms with Crippen LogP contribution in [-0.4, -0.2) is 34.9 Å². The third-order valence-electron chi connectivity index (χ3n) is 2.26. The average molecular weight is 347 g/mol. The van der Waals surface area contributed by atoms with E-state index < -0.39 is 18.9 Å². The smallest absolute Gasteiger partial charge is 0.265 e. The van der Waals surface area contributed by atoms with E-state index in [0.29, 0.717) is 0 Å². The molecule has 0 aliphatic heterocycles. The molecule has 0 aliphatic carbocycles. The number of ether oxygens (including phenoxy) is 1. The van der Waals surface area contributed by atoms with Crippen molar-refractivity contribution in [2.45, 2.75) is 11.8 Å². The van der Waals surface area contributed by atoms with E-state index in [1.165, 1.54) is 19.1 Å². The maximum Gasteiger partial charge on any atom is 0.265 e. The summed E-state index contributed by atoms with van der Waals surface area (Å²) in [6, 6.07) is 3.90. The van der Waals surface area contributed by atoms with Crippen molar-refractivity contribution in [1.82, 2.24) is 0 Å². The van der Waals surface area contributed by atoms with Gasteiger partial charge >= 0.3 is 0 Å². The molecule has 0 heterocycles. The second kappa shape index (κ2) is 6.30. The van der Waals surface area contributed by atoms with E-state index in [9.17, 15) is 16.8 Å². The first kappa shape index (κ1) is 16.6. The molecule has 9 heteroatoms. The predicted octanol–water partition coefficient (Wildman–Crippen LogP) is 2.08. The predicted molar refractivity (Wildman–Crippen MR) is 74.3 cm³/mol. The Morgan fingerprint density at radius 1 is 1.21 bits per heavy atom. The number of rotatable bonds is 6. The van der Waals surface area contributed by atoms with E-state index in [1.807, 2.05) is 0 Å². The van der Waals surface area contributed by atoms with Gasteiger partial charge in [-0.1, -0.05) is 18.5 Å². The van der Waals surface area contributed by atoms with Crippen LogP contribution in [0.1, 0.15) is 6.92 Å². The van der Waals surface area contributed by atoms with Gasteiger partial charge in [-0.2, -0.15) is 0 Å². The molecule has 0 fully saturated rings. The maximum atomic E-state index is 11.3. The van der Waals surface area contributed by atoms with Gasteiger partial charge in [-0.05, 0) is 18.2 Å². The summed E-state index contributed by atoms with van der Waals surface area (Å²) < 4.78 is 50.4. The molecule has 19 heavy (non-hydrogen) atoms. The van der Waals surface area contributed by atoms with Gasteiger partial charge in [0.25, 0.3) is 9.05 Å². The first-order chi connectivity index (χ1) is 8.65. The lowest BCUT2D eigenvalue weighted by atomic mass is 10.3. The molecule has 0 spiro atoms. The summed E-state index contributed by atoms with van der Waals surface area (Å²) >= 11 is 5.68. The quantitative estimate of drug-likeness (QED) is 0.737. The van der Waals surface area contributed by atoms with Gasteiger partial charge in [-0.3, -0.25) is 0 Å². The lowest BCUT2D eigenvalue weighted by Crippen LogP contribution is -2.16. The fraction of sp³-hybridized carbons (Fsp3) is 0.400. The third-order valence-corrected chi connectivity index (χ3v) is 5.51. The zero-order chi connectivity index (χ0) is 14.7. The summed E-state index contributed by atoms with van der Waals surface area (Å²) in [5.41, 5.74) is 0. The van der Waals surface area contributed by atoms with Crippen LogP contribution >= 0.6 is 22.3 Å². The first-order valence-corrected chi connectivity index (χ1v) is 9.74. The van der Waals surface area contributed by atoms with Crippen molar-refractivity contribution in [3.05, 3.63) is 23.2 Å². The summed E-state index contributed by atoms with van der Waals surface area (Å²) in [5, 5.41) is 0.188. The van der Waals surface area contributed by atoms with Gasteiger partial charge in [0, 0.05) is 21.5 Å². The van der Waals surface area contributed by atoms with E-state index in [4.69, 9.17) is 27.0 Å². The molecule has 0 N–H and O–H groups in total. The lowest BCUT2D eigenvalue weighted by Gasteiger charge is -2.09. The Bertz CT molecular complexity index is 652. The zero-order valence-electron chi connectivity index (χ0n) is 9.97. The lowest BCUT2D eigenvalue weighted by molar-refractivity contribution is 0.332. The summed E-state index contributed by atoms with van der Waals surface area (Å²) in [6.45, 7) is 1.36. The summed E-state index contributed by atoms with van der Waals surface area (Å²) in [6.07, 6.45) is 0. The number of sulfone groups is 1. The van der Waals surface area contributed by atoms with E-state index in [2.05, 4.69) is 0 Å². The van der Waals surface area contributed by atoms with Crippen LogP contribution in [0.15, 0.2) is 23.1 Å². The molecular formula is C10H12Cl2O5S2. The second-order valence-corrected chi connectivity index (χ2v) is 9.06. The number of halogens is 2. The van der Waals surface area contributed by atoms with Crippen LogP contribution in [0.5, 0.6) is 5.75 Å². The largest absolute Gasteiger partial charge is 0.491 e. The minimum Gasteiger partial charge on any atom is -0.491 e. The molecule has 1 aromatic carbocycles. The van der Waals surface area contributed by atoms with Crippen LogP contribution in [0.25, 0.3) is 0 Å². The van der Waals surface area contributed by atoms with Crippen LogP contribution < -0.4 is 4.74 Å². The number of hydrogen-bond donors (Lipinski definition) is 0. The second-order valence-electron chi connectivity index (χ2n) is 3.61. The molecule has 0 saturated carbocycles. The Balaban J connectivity index is 2.91. The van der Waals surface area contributed by atoms with Gasteiger partial charge in [0.05, 0.1) is 5.75 Å². The number of benzene rings is 1. The molecular weight excluding hydrogens is 335 g/mol. The van der Waals surface area contributed by atoms with Crippen molar-refractivity contribution >= 4 is 41.2 Å². The highest BCUT2D eigenvalue weighted by atomic mass is 35.7. The van der Waals surface area contributed by atoms with Gasteiger partial charge in [-0.25, -0.2) is 16.8 Å². The minimum absolute atomic E-state index is 0.00234. The van der Waals surface area contributed by atoms with Crippen molar-refractivity contribution in [3.63, 3.8) is 0 Å². The molecule has 0 unspecified atom stereocenters. The fourth-order valence-electron chi connectivity index (χ4n) is 1.21. The van der Waals surface area contributed by atoms with Crippen LogP contribution in [-0.2, 0) is 18.9 Å². The SMILES string of the molecule is CCS(=O)(=O)CCOc1ccc(Cl)cc1S(=O)(=O)Cl. The maximum absolute atomic E-state index is 11.3. The molecule has 0 atom stereocenters. The van der Waals surface area contributed by atoms with Crippen LogP contribution in [0, 0.1) is 0 Å². The van der Waals surface area contributed by atoms with Gasteiger partial charge in [0.15, 0.2) is 9.84 Å². The molecule has 5 nitrogen and oxygen atoms in total. The third kappa shape index (κ3) is 5.18.